The van der Waals surface area contributed by atoms with E-state index in [2.05, 4.69) is 62.4 Å². The predicted octanol–water partition coefficient (Wildman–Crippen LogP) is 8.31. The lowest BCUT2D eigenvalue weighted by Crippen LogP contribution is -2.08. The largest absolute Gasteiger partial charge is 0.462 e. The minimum Gasteiger partial charge on any atom is -0.462 e. The Balaban J connectivity index is 1.43. The van der Waals surface area contributed by atoms with Crippen LogP contribution in [-0.4, -0.2) is 12.1 Å². The third kappa shape index (κ3) is 7.80. The Bertz CT molecular complexity index is 791. The Morgan fingerprint density at radius 3 is 1.88 bits per heavy atom. The van der Waals surface area contributed by atoms with E-state index in [-0.39, 0.29) is 18.0 Å². The van der Waals surface area contributed by atoms with E-state index in [0.717, 1.165) is 25.7 Å². The van der Waals surface area contributed by atoms with Gasteiger partial charge in [0.15, 0.2) is 0 Å². The van der Waals surface area contributed by atoms with Gasteiger partial charge in [-0.25, -0.2) is 0 Å². The van der Waals surface area contributed by atoms with Gasteiger partial charge in [-0.3, -0.25) is 4.79 Å². The molecule has 0 aromatic heterocycles. The molecule has 0 bridgehead atoms. The normalized spacial score (nSPS) is 18.1. The lowest BCUT2D eigenvalue weighted by Gasteiger charge is -2.08. The summed E-state index contributed by atoms with van der Waals surface area (Å²) < 4.78 is 5.60. The second kappa shape index (κ2) is 13.5. The highest BCUT2D eigenvalue weighted by molar-refractivity contribution is 5.74. The van der Waals surface area contributed by atoms with E-state index in [1.807, 2.05) is 0 Å². The first-order valence-corrected chi connectivity index (χ1v) is 13.1. The maximum atomic E-state index is 12.2. The maximum Gasteiger partial charge on any atom is 0.309 e. The van der Waals surface area contributed by atoms with Gasteiger partial charge in [-0.2, -0.15) is 0 Å². The molecule has 1 saturated heterocycles. The monoisotopic (exact) mass is 434 g/mol. The van der Waals surface area contributed by atoms with Crippen LogP contribution in [0.1, 0.15) is 95.6 Å². The first-order chi connectivity index (χ1) is 15.7. The molecule has 3 rings (SSSR count). The van der Waals surface area contributed by atoms with Crippen molar-refractivity contribution in [3.05, 3.63) is 59.7 Å². The summed E-state index contributed by atoms with van der Waals surface area (Å²) in [6, 6.07) is 17.9. The lowest BCUT2D eigenvalue weighted by atomic mass is 9.94. The molecule has 1 fully saturated rings. The molecule has 0 amide bonds. The zero-order chi connectivity index (χ0) is 22.6. The topological polar surface area (TPSA) is 26.3 Å². The van der Waals surface area contributed by atoms with Crippen LogP contribution in [0.3, 0.4) is 0 Å². The number of aryl methyl sites for hydroxylation is 2. The zero-order valence-electron chi connectivity index (χ0n) is 20.3. The minimum atomic E-state index is 0.0218. The summed E-state index contributed by atoms with van der Waals surface area (Å²) in [6.07, 6.45) is 15.4. The van der Waals surface area contributed by atoms with Crippen LogP contribution in [0, 0.1) is 5.92 Å². The van der Waals surface area contributed by atoms with Crippen LogP contribution in [0.4, 0.5) is 0 Å². The molecular weight excluding hydrogens is 392 g/mol. The van der Waals surface area contributed by atoms with E-state index in [1.165, 1.54) is 80.0 Å². The molecule has 0 unspecified atom stereocenters. The Morgan fingerprint density at radius 2 is 1.25 bits per heavy atom. The smallest absolute Gasteiger partial charge is 0.309 e. The zero-order valence-corrected chi connectivity index (χ0v) is 20.3. The molecule has 1 heterocycles. The summed E-state index contributed by atoms with van der Waals surface area (Å²) in [4.78, 5) is 12.2. The van der Waals surface area contributed by atoms with Crippen LogP contribution in [0.2, 0.25) is 0 Å². The number of hydrogen-bond donors (Lipinski definition) is 0. The molecule has 1 aliphatic heterocycles. The average molecular weight is 435 g/mol. The van der Waals surface area contributed by atoms with Gasteiger partial charge in [0.05, 0.1) is 5.92 Å². The highest BCUT2D eigenvalue weighted by atomic mass is 16.5. The van der Waals surface area contributed by atoms with Crippen molar-refractivity contribution in [1.82, 2.24) is 0 Å². The molecule has 2 heteroatoms. The number of rotatable bonds is 14. The first kappa shape index (κ1) is 24.6. The van der Waals surface area contributed by atoms with Gasteiger partial charge >= 0.3 is 5.97 Å². The Hall–Kier alpha value is -2.09. The summed E-state index contributed by atoms with van der Waals surface area (Å²) in [7, 11) is 0. The van der Waals surface area contributed by atoms with Crippen molar-refractivity contribution >= 4 is 5.97 Å². The Labute approximate surface area is 195 Å². The Kier molecular flexibility index (Phi) is 10.3. The third-order valence-corrected chi connectivity index (χ3v) is 6.88. The SMILES string of the molecule is CCCCCCCc1ccc(-c2ccc(CC[C@H]3C[C@@H](CCCCC)OC3=O)cc2)cc1. The van der Waals surface area contributed by atoms with Gasteiger partial charge in [0, 0.05) is 0 Å². The molecule has 2 aromatic carbocycles. The molecule has 0 N–H and O–H groups in total. The number of cyclic esters (lactones) is 1. The van der Waals surface area contributed by atoms with Gasteiger partial charge < -0.3 is 4.74 Å². The fourth-order valence-electron chi connectivity index (χ4n) is 4.76. The van der Waals surface area contributed by atoms with Gasteiger partial charge in [-0.15, -0.1) is 0 Å². The highest BCUT2D eigenvalue weighted by Crippen LogP contribution is 2.29. The molecule has 2 nitrogen and oxygen atoms in total. The van der Waals surface area contributed by atoms with Crippen molar-refractivity contribution < 1.29 is 9.53 Å². The van der Waals surface area contributed by atoms with Crippen molar-refractivity contribution in [2.45, 2.75) is 103 Å². The molecule has 174 valence electrons. The average Bonchev–Trinajstić information content (AvgIpc) is 3.18. The quantitative estimate of drug-likeness (QED) is 0.221. The van der Waals surface area contributed by atoms with Crippen molar-refractivity contribution in [3.63, 3.8) is 0 Å². The second-order valence-electron chi connectivity index (χ2n) is 9.58. The summed E-state index contributed by atoms with van der Waals surface area (Å²) in [6.45, 7) is 4.47. The third-order valence-electron chi connectivity index (χ3n) is 6.88. The van der Waals surface area contributed by atoms with Gasteiger partial charge in [0.25, 0.3) is 0 Å². The van der Waals surface area contributed by atoms with Crippen LogP contribution in [-0.2, 0) is 22.4 Å². The summed E-state index contributed by atoms with van der Waals surface area (Å²) in [5, 5.41) is 0. The van der Waals surface area contributed by atoms with E-state index in [4.69, 9.17) is 4.74 Å². The molecule has 2 aromatic rings. The maximum absolute atomic E-state index is 12.2. The predicted molar refractivity (Wildman–Crippen MR) is 135 cm³/mol. The fraction of sp³-hybridized carbons (Fsp3) is 0.567. The number of hydrogen-bond acceptors (Lipinski definition) is 2. The minimum absolute atomic E-state index is 0.0218. The second-order valence-corrected chi connectivity index (χ2v) is 9.58. The van der Waals surface area contributed by atoms with Crippen molar-refractivity contribution in [3.8, 4) is 11.1 Å². The number of ether oxygens (including phenoxy) is 1. The summed E-state index contributed by atoms with van der Waals surface area (Å²) in [5.41, 5.74) is 5.29. The number of carbonyl (C=O) groups is 1. The van der Waals surface area contributed by atoms with Gasteiger partial charge in [-0.05, 0) is 67.2 Å². The molecule has 0 aliphatic carbocycles. The molecule has 32 heavy (non-hydrogen) atoms. The first-order valence-electron chi connectivity index (χ1n) is 13.1. The van der Waals surface area contributed by atoms with Crippen molar-refractivity contribution in [1.29, 1.82) is 0 Å². The lowest BCUT2D eigenvalue weighted by molar-refractivity contribution is -0.144. The molecule has 0 saturated carbocycles. The number of esters is 1. The van der Waals surface area contributed by atoms with Gasteiger partial charge in [0.1, 0.15) is 6.10 Å². The van der Waals surface area contributed by atoms with E-state index in [0.29, 0.717) is 0 Å². The molecule has 2 atom stereocenters. The summed E-state index contributed by atoms with van der Waals surface area (Å²) >= 11 is 0. The van der Waals surface area contributed by atoms with Crippen LogP contribution in [0.5, 0.6) is 0 Å². The van der Waals surface area contributed by atoms with Crippen LogP contribution >= 0.6 is 0 Å². The fourth-order valence-corrected chi connectivity index (χ4v) is 4.76. The van der Waals surface area contributed by atoms with Crippen LogP contribution in [0.25, 0.3) is 11.1 Å². The van der Waals surface area contributed by atoms with Crippen LogP contribution < -0.4 is 0 Å². The van der Waals surface area contributed by atoms with Gasteiger partial charge in [-0.1, -0.05) is 101 Å². The standard InChI is InChI=1S/C30H42O2/c1-3-5-7-8-10-11-24-13-18-26(19-14-24)27-20-15-25(16-21-27)17-22-28-23-29(32-30(28)31)12-9-6-4-2/h13-16,18-21,28-29H,3-12,17,22-23H2,1-2H3/t28-,29+/m0/s1. The van der Waals surface area contributed by atoms with Crippen LogP contribution in [0.15, 0.2) is 48.5 Å². The highest BCUT2D eigenvalue weighted by Gasteiger charge is 2.33. The number of carbonyl (C=O) groups excluding carboxylic acids is 1. The molecule has 0 radical (unpaired) electrons. The van der Waals surface area contributed by atoms with Crippen molar-refractivity contribution in [2.24, 2.45) is 5.92 Å². The number of unbranched alkanes of at least 4 members (excludes halogenated alkanes) is 6. The van der Waals surface area contributed by atoms with Crippen molar-refractivity contribution in [2.75, 3.05) is 0 Å². The Morgan fingerprint density at radius 1 is 0.688 bits per heavy atom. The molecule has 1 aliphatic rings. The van der Waals surface area contributed by atoms with E-state index < -0.39 is 0 Å². The van der Waals surface area contributed by atoms with Gasteiger partial charge in [0.2, 0.25) is 0 Å². The van der Waals surface area contributed by atoms with E-state index in [1.54, 1.807) is 0 Å². The molecule has 0 spiro atoms. The van der Waals surface area contributed by atoms with E-state index >= 15 is 0 Å². The summed E-state index contributed by atoms with van der Waals surface area (Å²) in [5.74, 6) is 0.101. The number of benzene rings is 2. The van der Waals surface area contributed by atoms with E-state index in [9.17, 15) is 4.79 Å². The molecular formula is C30H42O2.